The van der Waals surface area contributed by atoms with E-state index in [1.54, 1.807) is 0 Å². The van der Waals surface area contributed by atoms with Gasteiger partial charge >= 0.3 is 6.18 Å². The van der Waals surface area contributed by atoms with E-state index in [0.717, 1.165) is 23.3 Å². The first-order valence-corrected chi connectivity index (χ1v) is 6.46. The first kappa shape index (κ1) is 14.7. The Hall–Kier alpha value is -2.22. The van der Waals surface area contributed by atoms with Gasteiger partial charge in [0.25, 0.3) is 5.78 Å². The molecule has 2 aliphatic heterocycles. The van der Waals surface area contributed by atoms with Crippen molar-refractivity contribution in [2.45, 2.75) is 18.6 Å². The molecule has 1 fully saturated rings. The lowest BCUT2D eigenvalue weighted by atomic mass is 9.96. The first-order chi connectivity index (χ1) is 10.3. The molecule has 4 nitrogen and oxygen atoms in total. The number of hydrazine groups is 1. The van der Waals surface area contributed by atoms with Gasteiger partial charge < -0.3 is 0 Å². The first-order valence-electron chi connectivity index (χ1n) is 6.46. The van der Waals surface area contributed by atoms with Crippen molar-refractivity contribution in [1.29, 1.82) is 0 Å². The summed E-state index contributed by atoms with van der Waals surface area (Å²) in [5.41, 5.74) is -0.382. The van der Waals surface area contributed by atoms with Gasteiger partial charge in [-0.2, -0.15) is 13.2 Å². The van der Waals surface area contributed by atoms with Crippen LogP contribution in [-0.2, 0) is 9.59 Å². The average molecular weight is 314 g/mol. The Balaban J connectivity index is 2.07. The number of hydrogen-bond acceptors (Lipinski definition) is 3. The largest absolute Gasteiger partial charge is 0.454 e. The molecule has 1 aromatic carbocycles. The fourth-order valence-electron chi connectivity index (χ4n) is 2.71. The number of halogens is 4. The van der Waals surface area contributed by atoms with Crippen molar-refractivity contribution in [3.8, 4) is 0 Å². The van der Waals surface area contributed by atoms with Crippen LogP contribution in [0.4, 0.5) is 17.6 Å². The Bertz CT molecular complexity index is 684. The summed E-state index contributed by atoms with van der Waals surface area (Å²) in [4.78, 5) is 23.3. The van der Waals surface area contributed by atoms with Gasteiger partial charge in [0.2, 0.25) is 5.91 Å². The molecule has 1 aromatic rings. The van der Waals surface area contributed by atoms with Gasteiger partial charge in [0.15, 0.2) is 0 Å². The molecule has 0 saturated carbocycles. The number of rotatable bonds is 2. The van der Waals surface area contributed by atoms with Crippen LogP contribution in [-0.4, -0.2) is 34.4 Å². The molecular weight excluding hydrogens is 304 g/mol. The van der Waals surface area contributed by atoms with Crippen LogP contribution in [0.15, 0.2) is 36.0 Å². The molecule has 0 aromatic heterocycles. The third-order valence-corrected chi connectivity index (χ3v) is 3.63. The second kappa shape index (κ2) is 4.91. The van der Waals surface area contributed by atoms with Crippen LogP contribution in [0, 0.1) is 5.82 Å². The maximum Gasteiger partial charge on any atom is 0.454 e. The molecule has 1 amide bonds. The second-order valence-corrected chi connectivity index (χ2v) is 5.02. The second-order valence-electron chi connectivity index (χ2n) is 5.02. The summed E-state index contributed by atoms with van der Waals surface area (Å²) in [6.07, 6.45) is -4.02. The number of carbonyl (C=O) groups excluding carboxylic acids is 2. The lowest BCUT2D eigenvalue weighted by Gasteiger charge is -2.26. The minimum atomic E-state index is -5.05. The topological polar surface area (TPSA) is 40.6 Å². The Morgan fingerprint density at radius 1 is 1.27 bits per heavy atom. The van der Waals surface area contributed by atoms with E-state index < -0.39 is 35.3 Å². The number of carbonyl (C=O) groups is 2. The van der Waals surface area contributed by atoms with Crippen LogP contribution in [0.3, 0.4) is 0 Å². The number of nitrogens with zero attached hydrogens (tertiary/aromatic N) is 2. The fraction of sp³-hybridized carbons (Fsp3) is 0.286. The van der Waals surface area contributed by atoms with Gasteiger partial charge in [-0.3, -0.25) is 9.59 Å². The zero-order valence-corrected chi connectivity index (χ0v) is 11.1. The third-order valence-electron chi connectivity index (χ3n) is 3.63. The standard InChI is InChI=1S/C14H10F4N2O2/c15-9-3-1-2-8(6-9)12-10(13(22)14(16,17)18)7-20-11(21)4-5-19(12)20/h1-3,6-7,12H,4-5H2. The Kier molecular flexibility index (Phi) is 3.28. The number of alkyl halides is 3. The lowest BCUT2D eigenvalue weighted by Crippen LogP contribution is -2.34. The van der Waals surface area contributed by atoms with Crippen LogP contribution >= 0.6 is 0 Å². The zero-order valence-electron chi connectivity index (χ0n) is 11.1. The molecular formula is C14H10F4N2O2. The molecule has 0 aliphatic carbocycles. The highest BCUT2D eigenvalue weighted by molar-refractivity contribution is 6.02. The predicted octanol–water partition coefficient (Wildman–Crippen LogP) is 2.35. The molecule has 0 N–H and O–H groups in total. The number of benzene rings is 1. The van der Waals surface area contributed by atoms with Gasteiger partial charge in [0.05, 0.1) is 6.04 Å². The molecule has 2 heterocycles. The summed E-state index contributed by atoms with van der Waals surface area (Å²) in [6.45, 7) is 0.172. The minimum absolute atomic E-state index is 0.135. The monoisotopic (exact) mass is 314 g/mol. The Morgan fingerprint density at radius 2 is 2.00 bits per heavy atom. The quantitative estimate of drug-likeness (QED) is 0.787. The van der Waals surface area contributed by atoms with Crippen molar-refractivity contribution in [1.82, 2.24) is 10.0 Å². The average Bonchev–Trinajstić information content (AvgIpc) is 2.97. The van der Waals surface area contributed by atoms with Crippen molar-refractivity contribution in [3.63, 3.8) is 0 Å². The molecule has 0 radical (unpaired) electrons. The summed E-state index contributed by atoms with van der Waals surface area (Å²) in [5, 5.41) is 2.35. The molecule has 2 aliphatic rings. The van der Waals surface area contributed by atoms with Crippen LogP contribution < -0.4 is 0 Å². The van der Waals surface area contributed by atoms with Gasteiger partial charge in [0, 0.05) is 24.7 Å². The van der Waals surface area contributed by atoms with E-state index in [1.807, 2.05) is 0 Å². The highest BCUT2D eigenvalue weighted by Gasteiger charge is 2.50. The lowest BCUT2D eigenvalue weighted by molar-refractivity contribution is -0.167. The molecule has 1 unspecified atom stereocenters. The number of amides is 1. The van der Waals surface area contributed by atoms with E-state index in [4.69, 9.17) is 0 Å². The maximum atomic E-state index is 13.4. The van der Waals surface area contributed by atoms with E-state index in [0.29, 0.717) is 0 Å². The molecule has 0 spiro atoms. The fourth-order valence-corrected chi connectivity index (χ4v) is 2.71. The summed E-state index contributed by atoms with van der Waals surface area (Å²) in [6, 6.07) is 3.88. The Morgan fingerprint density at radius 3 is 2.64 bits per heavy atom. The molecule has 1 atom stereocenters. The third kappa shape index (κ3) is 2.29. The van der Waals surface area contributed by atoms with E-state index >= 15 is 0 Å². The normalized spacial score (nSPS) is 22.0. The van der Waals surface area contributed by atoms with E-state index in [9.17, 15) is 27.2 Å². The smallest absolute Gasteiger partial charge is 0.284 e. The van der Waals surface area contributed by atoms with Crippen molar-refractivity contribution in [2.75, 3.05) is 6.54 Å². The Labute approximate surface area is 122 Å². The van der Waals surface area contributed by atoms with Crippen LogP contribution in [0.25, 0.3) is 0 Å². The van der Waals surface area contributed by atoms with E-state index in [1.165, 1.54) is 17.1 Å². The molecule has 116 valence electrons. The minimum Gasteiger partial charge on any atom is -0.284 e. The summed E-state index contributed by atoms with van der Waals surface area (Å²) >= 11 is 0. The molecule has 3 rings (SSSR count). The zero-order chi connectivity index (χ0) is 16.1. The van der Waals surface area contributed by atoms with Gasteiger partial charge in [-0.25, -0.2) is 14.4 Å². The van der Waals surface area contributed by atoms with Gasteiger partial charge in [-0.15, -0.1) is 0 Å². The van der Waals surface area contributed by atoms with E-state index in [2.05, 4.69) is 0 Å². The van der Waals surface area contributed by atoms with Crippen LogP contribution in [0.5, 0.6) is 0 Å². The predicted molar refractivity (Wildman–Crippen MR) is 66.5 cm³/mol. The molecule has 22 heavy (non-hydrogen) atoms. The van der Waals surface area contributed by atoms with Gasteiger partial charge in [0.1, 0.15) is 5.82 Å². The summed E-state index contributed by atoms with van der Waals surface area (Å²) in [7, 11) is 0. The molecule has 0 bridgehead atoms. The highest BCUT2D eigenvalue weighted by Crippen LogP contribution is 2.41. The number of Topliss-reactive ketones (excluding diaryl/α,β-unsaturated/α-hetero) is 1. The van der Waals surface area contributed by atoms with Crippen LogP contribution in [0.2, 0.25) is 0 Å². The van der Waals surface area contributed by atoms with Crippen molar-refractivity contribution in [2.24, 2.45) is 0 Å². The maximum absolute atomic E-state index is 13.4. The van der Waals surface area contributed by atoms with Crippen LogP contribution in [0.1, 0.15) is 18.0 Å². The number of ketones is 1. The van der Waals surface area contributed by atoms with Gasteiger partial charge in [-0.1, -0.05) is 12.1 Å². The van der Waals surface area contributed by atoms with E-state index in [-0.39, 0.29) is 18.5 Å². The van der Waals surface area contributed by atoms with Crippen molar-refractivity contribution >= 4 is 11.7 Å². The number of fused-ring (bicyclic) bond motifs is 1. The van der Waals surface area contributed by atoms with Crippen molar-refractivity contribution in [3.05, 3.63) is 47.4 Å². The summed E-state index contributed by atoms with van der Waals surface area (Å²) in [5.74, 6) is -3.05. The molecule has 1 saturated heterocycles. The molecule has 8 heteroatoms. The highest BCUT2D eigenvalue weighted by atomic mass is 19.4. The SMILES string of the molecule is O=C1CCN2C(c3cccc(F)c3)C(C(=O)C(F)(F)F)=CN12. The number of hydrogen-bond donors (Lipinski definition) is 0. The van der Waals surface area contributed by atoms with Crippen molar-refractivity contribution < 1.29 is 27.2 Å². The van der Waals surface area contributed by atoms with Gasteiger partial charge in [-0.05, 0) is 17.7 Å². The summed E-state index contributed by atoms with van der Waals surface area (Å²) < 4.78 is 51.6.